The van der Waals surface area contributed by atoms with E-state index >= 15 is 0 Å². The van der Waals surface area contributed by atoms with Crippen molar-refractivity contribution in [3.8, 4) is 0 Å². The third-order valence-corrected chi connectivity index (χ3v) is 3.41. The molecule has 1 aromatic carbocycles. The summed E-state index contributed by atoms with van der Waals surface area (Å²) in [5.41, 5.74) is 2.41. The van der Waals surface area contributed by atoms with Gasteiger partial charge in [0.25, 0.3) is 0 Å². The highest BCUT2D eigenvalue weighted by Crippen LogP contribution is 2.24. The van der Waals surface area contributed by atoms with Crippen molar-refractivity contribution in [1.29, 1.82) is 0 Å². The molecule has 4 nitrogen and oxygen atoms in total. The Hall–Kier alpha value is -1.55. The van der Waals surface area contributed by atoms with Crippen molar-refractivity contribution in [2.45, 2.75) is 32.4 Å². The molecule has 1 aliphatic heterocycles. The van der Waals surface area contributed by atoms with Crippen LogP contribution in [0.2, 0.25) is 0 Å². The third kappa shape index (κ3) is 3.01. The molecule has 1 heterocycles. The fourth-order valence-corrected chi connectivity index (χ4v) is 2.28. The monoisotopic (exact) mass is 248 g/mol. The maximum atomic E-state index is 10.8. The van der Waals surface area contributed by atoms with E-state index in [1.165, 1.54) is 24.1 Å². The second kappa shape index (κ2) is 5.87. The van der Waals surface area contributed by atoms with Gasteiger partial charge in [0.1, 0.15) is 6.04 Å². The molecule has 0 aromatic heterocycles. The lowest BCUT2D eigenvalue weighted by Crippen LogP contribution is -2.33. The number of benzene rings is 1. The minimum absolute atomic E-state index is 0.517. The Morgan fingerprint density at radius 3 is 2.72 bits per heavy atom. The number of nitrogens with one attached hydrogen (secondary N) is 1. The first-order valence-electron chi connectivity index (χ1n) is 6.47. The number of aliphatic carboxylic acids is 1. The predicted molar refractivity (Wildman–Crippen MR) is 71.8 cm³/mol. The summed E-state index contributed by atoms with van der Waals surface area (Å²) in [5.74, 6) is -0.811. The van der Waals surface area contributed by atoms with Crippen LogP contribution in [-0.2, 0) is 11.3 Å². The average molecular weight is 248 g/mol. The minimum atomic E-state index is -0.811. The summed E-state index contributed by atoms with van der Waals surface area (Å²) in [6, 6.07) is 7.71. The molecular formula is C14H20N2O2. The molecular weight excluding hydrogens is 228 g/mol. The van der Waals surface area contributed by atoms with E-state index < -0.39 is 12.0 Å². The van der Waals surface area contributed by atoms with Crippen LogP contribution in [0.3, 0.4) is 0 Å². The molecule has 0 radical (unpaired) electrons. The average Bonchev–Trinajstić information content (AvgIpc) is 2.89. The molecule has 1 atom stereocenters. The van der Waals surface area contributed by atoms with Crippen LogP contribution in [-0.4, -0.2) is 30.2 Å². The van der Waals surface area contributed by atoms with Crippen LogP contribution < -0.4 is 10.2 Å². The summed E-state index contributed by atoms with van der Waals surface area (Å²) in [6.45, 7) is 4.47. The third-order valence-electron chi connectivity index (χ3n) is 3.41. The Morgan fingerprint density at radius 2 is 2.06 bits per heavy atom. The van der Waals surface area contributed by atoms with Crippen LogP contribution in [0.15, 0.2) is 24.3 Å². The van der Waals surface area contributed by atoms with E-state index in [9.17, 15) is 4.79 Å². The molecule has 1 aliphatic rings. The Morgan fingerprint density at radius 1 is 1.39 bits per heavy atom. The molecule has 2 N–H and O–H groups in total. The zero-order chi connectivity index (χ0) is 13.0. The van der Waals surface area contributed by atoms with E-state index in [0.29, 0.717) is 6.54 Å². The number of carboxylic acid groups (broad SMARTS) is 1. The van der Waals surface area contributed by atoms with E-state index in [4.69, 9.17) is 5.11 Å². The lowest BCUT2D eigenvalue weighted by atomic mass is 10.1. The molecule has 0 spiro atoms. The highest BCUT2D eigenvalue weighted by molar-refractivity contribution is 5.72. The van der Waals surface area contributed by atoms with Crippen LogP contribution in [0.25, 0.3) is 0 Å². The van der Waals surface area contributed by atoms with Gasteiger partial charge in [0.2, 0.25) is 0 Å². The topological polar surface area (TPSA) is 52.6 Å². The summed E-state index contributed by atoms with van der Waals surface area (Å²) in [5, 5.41) is 11.9. The van der Waals surface area contributed by atoms with Crippen LogP contribution in [0.5, 0.6) is 0 Å². The minimum Gasteiger partial charge on any atom is -0.480 e. The van der Waals surface area contributed by atoms with Gasteiger partial charge >= 0.3 is 5.97 Å². The van der Waals surface area contributed by atoms with Crippen LogP contribution in [0.1, 0.15) is 25.3 Å². The standard InChI is InChI=1S/C14H20N2O2/c1-11(14(17)18)15-10-12-6-2-3-7-13(12)16-8-4-5-9-16/h2-3,6-7,11,15H,4-5,8-10H2,1H3,(H,17,18). The van der Waals surface area contributed by atoms with E-state index in [1.807, 2.05) is 12.1 Å². The highest BCUT2D eigenvalue weighted by atomic mass is 16.4. The number of hydrogen-bond donors (Lipinski definition) is 2. The number of hydrogen-bond acceptors (Lipinski definition) is 3. The summed E-state index contributed by atoms with van der Waals surface area (Å²) >= 11 is 0. The second-order valence-corrected chi connectivity index (χ2v) is 4.76. The normalized spacial score (nSPS) is 16.8. The number of carbonyl (C=O) groups is 1. The molecule has 0 saturated carbocycles. The lowest BCUT2D eigenvalue weighted by Gasteiger charge is -2.22. The lowest BCUT2D eigenvalue weighted by molar-refractivity contribution is -0.139. The van der Waals surface area contributed by atoms with Crippen molar-refractivity contribution in [2.24, 2.45) is 0 Å². The van der Waals surface area contributed by atoms with Gasteiger partial charge in [-0.2, -0.15) is 0 Å². The zero-order valence-electron chi connectivity index (χ0n) is 10.7. The molecule has 1 fully saturated rings. The maximum Gasteiger partial charge on any atom is 0.320 e. The van der Waals surface area contributed by atoms with Gasteiger partial charge in [-0.15, -0.1) is 0 Å². The van der Waals surface area contributed by atoms with Gasteiger partial charge in [0, 0.05) is 25.3 Å². The summed E-state index contributed by atoms with van der Waals surface area (Å²) in [6.07, 6.45) is 2.49. The first-order valence-corrected chi connectivity index (χ1v) is 6.47. The number of carboxylic acids is 1. The fourth-order valence-electron chi connectivity index (χ4n) is 2.28. The largest absolute Gasteiger partial charge is 0.480 e. The Labute approximate surface area is 108 Å². The van der Waals surface area contributed by atoms with Crippen LogP contribution >= 0.6 is 0 Å². The van der Waals surface area contributed by atoms with Gasteiger partial charge in [-0.25, -0.2) is 0 Å². The Kier molecular flexibility index (Phi) is 4.20. The van der Waals surface area contributed by atoms with Gasteiger partial charge in [0.15, 0.2) is 0 Å². The van der Waals surface area contributed by atoms with E-state index in [2.05, 4.69) is 22.3 Å². The molecule has 4 heteroatoms. The molecule has 1 aromatic rings. The quantitative estimate of drug-likeness (QED) is 0.835. The van der Waals surface area contributed by atoms with Crippen molar-refractivity contribution in [3.63, 3.8) is 0 Å². The molecule has 98 valence electrons. The van der Waals surface area contributed by atoms with Crippen molar-refractivity contribution < 1.29 is 9.90 Å². The summed E-state index contributed by atoms with van der Waals surface area (Å²) in [4.78, 5) is 13.2. The Bertz CT molecular complexity index is 414. The smallest absolute Gasteiger partial charge is 0.320 e. The van der Waals surface area contributed by atoms with E-state index in [0.717, 1.165) is 13.1 Å². The highest BCUT2D eigenvalue weighted by Gasteiger charge is 2.16. The van der Waals surface area contributed by atoms with Crippen LogP contribution in [0, 0.1) is 0 Å². The van der Waals surface area contributed by atoms with E-state index in [-0.39, 0.29) is 0 Å². The molecule has 0 bridgehead atoms. The molecule has 1 saturated heterocycles. The molecule has 0 aliphatic carbocycles. The van der Waals surface area contributed by atoms with Gasteiger partial charge in [-0.1, -0.05) is 18.2 Å². The predicted octanol–water partition coefficient (Wildman–Crippen LogP) is 1.85. The second-order valence-electron chi connectivity index (χ2n) is 4.76. The summed E-state index contributed by atoms with van der Waals surface area (Å²) in [7, 11) is 0. The SMILES string of the molecule is CC(NCc1ccccc1N1CCCC1)C(=O)O. The van der Waals surface area contributed by atoms with Gasteiger partial charge in [-0.3, -0.25) is 4.79 Å². The fraction of sp³-hybridized carbons (Fsp3) is 0.500. The van der Waals surface area contributed by atoms with Crippen molar-refractivity contribution in [2.75, 3.05) is 18.0 Å². The first kappa shape index (κ1) is 12.9. The van der Waals surface area contributed by atoms with Crippen molar-refractivity contribution in [1.82, 2.24) is 5.32 Å². The first-order chi connectivity index (χ1) is 8.68. The molecule has 2 rings (SSSR count). The molecule has 0 amide bonds. The van der Waals surface area contributed by atoms with E-state index in [1.54, 1.807) is 6.92 Å². The maximum absolute atomic E-state index is 10.8. The van der Waals surface area contributed by atoms with Gasteiger partial charge in [-0.05, 0) is 31.4 Å². The zero-order valence-corrected chi connectivity index (χ0v) is 10.7. The van der Waals surface area contributed by atoms with Gasteiger partial charge < -0.3 is 15.3 Å². The molecule has 1 unspecified atom stereocenters. The van der Waals surface area contributed by atoms with Crippen molar-refractivity contribution >= 4 is 11.7 Å². The van der Waals surface area contributed by atoms with Crippen LogP contribution in [0.4, 0.5) is 5.69 Å². The van der Waals surface area contributed by atoms with Gasteiger partial charge in [0.05, 0.1) is 0 Å². The Balaban J connectivity index is 2.05. The molecule has 18 heavy (non-hydrogen) atoms. The summed E-state index contributed by atoms with van der Waals surface area (Å²) < 4.78 is 0. The van der Waals surface area contributed by atoms with Crippen molar-refractivity contribution in [3.05, 3.63) is 29.8 Å². The number of nitrogens with zero attached hydrogens (tertiary/aromatic N) is 1. The number of para-hydroxylation sites is 1. The number of rotatable bonds is 5. The number of anilines is 1.